The van der Waals surface area contributed by atoms with Crippen molar-refractivity contribution in [3.05, 3.63) is 34.9 Å². The molecule has 0 radical (unpaired) electrons. The molecule has 0 heterocycles. The Morgan fingerprint density at radius 2 is 1.29 bits per heavy atom. The van der Waals surface area contributed by atoms with E-state index >= 15 is 0 Å². The predicted octanol–water partition coefficient (Wildman–Crippen LogP) is 6.19. The summed E-state index contributed by atoms with van der Waals surface area (Å²) in [4.78, 5) is 0. The smallest absolute Gasteiger partial charge is 0.0669 e. The van der Waals surface area contributed by atoms with E-state index in [2.05, 4.69) is 37.7 Å². The molecule has 0 unspecified atom stereocenters. The second kappa shape index (κ2) is 6.59. The van der Waals surface area contributed by atoms with Crippen LogP contribution in [0.4, 0.5) is 0 Å². The molecule has 0 saturated heterocycles. The third kappa shape index (κ3) is 2.91. The van der Waals surface area contributed by atoms with Crippen molar-refractivity contribution in [1.29, 1.82) is 0 Å². The first-order valence-electron chi connectivity index (χ1n) is 8.58. The monoisotopic (exact) mass is 322 g/mol. The summed E-state index contributed by atoms with van der Waals surface area (Å²) >= 11 is 6.65. The molecular formula is C19H28ClP. The lowest BCUT2D eigenvalue weighted by Gasteiger charge is -2.44. The van der Waals surface area contributed by atoms with Crippen LogP contribution >= 0.6 is 18.9 Å². The average molecular weight is 323 g/mol. The highest BCUT2D eigenvalue weighted by atomic mass is 35.5. The predicted molar refractivity (Wildman–Crippen MR) is 97.1 cm³/mol. The van der Waals surface area contributed by atoms with Crippen LogP contribution in [0.2, 0.25) is 0 Å². The molecule has 0 N–H and O–H groups in total. The summed E-state index contributed by atoms with van der Waals surface area (Å²) < 4.78 is 0. The number of hydrogen-bond donors (Lipinski definition) is 0. The molecule has 21 heavy (non-hydrogen) atoms. The maximum atomic E-state index is 6.65. The number of aryl methyl sites for hydroxylation is 2. The van der Waals surface area contributed by atoms with E-state index in [0.717, 1.165) is 11.3 Å². The lowest BCUT2D eigenvalue weighted by molar-refractivity contribution is 0.823. The molecule has 0 amide bonds. The molecule has 2 heteroatoms. The van der Waals surface area contributed by atoms with Crippen LogP contribution in [0.15, 0.2) is 18.2 Å². The van der Waals surface area contributed by atoms with Crippen LogP contribution in [0, 0.1) is 19.5 Å². The van der Waals surface area contributed by atoms with Crippen LogP contribution < -0.4 is 5.30 Å². The van der Waals surface area contributed by atoms with Gasteiger partial charge in [-0.2, -0.15) is 0 Å². The molecule has 2 saturated carbocycles. The summed E-state index contributed by atoms with van der Waals surface area (Å²) in [7, 11) is -1.34. The Kier molecular flexibility index (Phi) is 4.97. The molecule has 2 fully saturated rings. The van der Waals surface area contributed by atoms with Gasteiger partial charge in [0.2, 0.25) is 0 Å². The molecule has 0 spiro atoms. The zero-order valence-corrected chi connectivity index (χ0v) is 15.1. The van der Waals surface area contributed by atoms with Crippen molar-refractivity contribution in [2.24, 2.45) is 0 Å². The Morgan fingerprint density at radius 3 is 1.67 bits per heavy atom. The first kappa shape index (κ1) is 15.8. The summed E-state index contributed by atoms with van der Waals surface area (Å²) in [6.45, 7) is 4.48. The molecule has 0 aliphatic heterocycles. The van der Waals surface area contributed by atoms with E-state index in [4.69, 9.17) is 11.6 Å². The van der Waals surface area contributed by atoms with Gasteiger partial charge in [0.25, 0.3) is 0 Å². The molecule has 1 aromatic rings. The maximum Gasteiger partial charge on any atom is 0.0669 e. The van der Waals surface area contributed by atoms with Crippen molar-refractivity contribution in [2.45, 2.75) is 76.5 Å². The molecule has 0 nitrogen and oxygen atoms in total. The second-order valence-electron chi connectivity index (χ2n) is 7.15. The van der Waals surface area contributed by atoms with Crippen molar-refractivity contribution < 1.29 is 0 Å². The molecule has 116 valence electrons. The van der Waals surface area contributed by atoms with Gasteiger partial charge in [0, 0.05) is 11.3 Å². The van der Waals surface area contributed by atoms with Gasteiger partial charge in [-0.15, -0.1) is 0 Å². The fourth-order valence-corrected chi connectivity index (χ4v) is 11.2. The third-order valence-corrected chi connectivity index (χ3v) is 11.6. The summed E-state index contributed by atoms with van der Waals surface area (Å²) in [6, 6.07) is 7.21. The van der Waals surface area contributed by atoms with E-state index in [1.54, 1.807) is 5.30 Å². The molecule has 0 bridgehead atoms. The van der Waals surface area contributed by atoms with Crippen LogP contribution in [-0.2, 0) is 0 Å². The topological polar surface area (TPSA) is 0 Å². The van der Waals surface area contributed by atoms with E-state index in [9.17, 15) is 0 Å². The van der Waals surface area contributed by atoms with Crippen molar-refractivity contribution in [3.8, 4) is 0 Å². The van der Waals surface area contributed by atoms with E-state index in [1.165, 1.54) is 62.5 Å². The molecule has 0 aromatic heterocycles. The summed E-state index contributed by atoms with van der Waals surface area (Å²) in [6.07, 6.45) is 11.3. The fraction of sp³-hybridized carbons (Fsp3) is 0.632. The SMILES string of the molecule is Cc1cc(C)cc([P+]([CH-]Cl)(C2CCCC2)C2CCCC2)c1. The quantitative estimate of drug-likeness (QED) is 0.458. The van der Waals surface area contributed by atoms with E-state index in [0.29, 0.717) is 0 Å². The van der Waals surface area contributed by atoms with Gasteiger partial charge in [0.15, 0.2) is 0 Å². The summed E-state index contributed by atoms with van der Waals surface area (Å²) in [5.41, 5.74) is 6.72. The number of rotatable bonds is 4. The van der Waals surface area contributed by atoms with Crippen molar-refractivity contribution in [3.63, 3.8) is 0 Å². The van der Waals surface area contributed by atoms with Gasteiger partial charge >= 0.3 is 0 Å². The molecule has 3 rings (SSSR count). The lowest BCUT2D eigenvalue weighted by Crippen LogP contribution is -2.29. The van der Waals surface area contributed by atoms with Gasteiger partial charge in [-0.1, -0.05) is 18.9 Å². The van der Waals surface area contributed by atoms with Gasteiger partial charge in [-0.3, -0.25) is 0 Å². The molecule has 2 aliphatic carbocycles. The maximum absolute atomic E-state index is 6.65. The Labute approximate surface area is 136 Å². The first-order valence-corrected chi connectivity index (χ1v) is 11.0. The van der Waals surface area contributed by atoms with Crippen molar-refractivity contribution in [1.82, 2.24) is 0 Å². The second-order valence-corrected chi connectivity index (χ2v) is 11.6. The number of hydrogen-bond acceptors (Lipinski definition) is 0. The number of halogens is 1. The Hall–Kier alpha value is -0.0600. The zero-order valence-electron chi connectivity index (χ0n) is 13.4. The molecular weight excluding hydrogens is 295 g/mol. The van der Waals surface area contributed by atoms with Crippen molar-refractivity contribution >= 4 is 24.2 Å². The highest BCUT2D eigenvalue weighted by Crippen LogP contribution is 2.75. The standard InChI is InChI=1S/C19H28ClP/c1-15-11-16(2)13-19(12-15)21(14-20,17-7-3-4-8-17)18-9-5-6-10-18/h11-14,17-18H,3-10H2,1-2H3. The fourth-order valence-electron chi connectivity index (χ4n) is 4.77. The van der Waals surface area contributed by atoms with E-state index in [-0.39, 0.29) is 0 Å². The van der Waals surface area contributed by atoms with Gasteiger partial charge in [-0.05, 0) is 88.5 Å². The zero-order chi connectivity index (χ0) is 14.9. The van der Waals surface area contributed by atoms with Gasteiger partial charge in [0.05, 0.1) is 5.30 Å². The Balaban J connectivity index is 2.08. The Bertz CT molecular complexity index is 448. The average Bonchev–Trinajstić information content (AvgIpc) is 3.12. The van der Waals surface area contributed by atoms with Gasteiger partial charge in [-0.25, -0.2) is 0 Å². The van der Waals surface area contributed by atoms with Crippen LogP contribution in [0.3, 0.4) is 0 Å². The van der Waals surface area contributed by atoms with Crippen LogP contribution in [0.5, 0.6) is 0 Å². The normalized spacial score (nSPS) is 21.3. The minimum absolute atomic E-state index is 0.860. The molecule has 2 aliphatic rings. The number of benzene rings is 1. The lowest BCUT2D eigenvalue weighted by atomic mass is 10.2. The minimum Gasteiger partial charge on any atom is -0.304 e. The van der Waals surface area contributed by atoms with Gasteiger partial charge in [0.1, 0.15) is 0 Å². The largest absolute Gasteiger partial charge is 0.304 e. The highest BCUT2D eigenvalue weighted by molar-refractivity contribution is 7.87. The van der Waals surface area contributed by atoms with Crippen LogP contribution in [0.1, 0.15) is 62.5 Å². The summed E-state index contributed by atoms with van der Waals surface area (Å²) in [5.74, 6) is 0. The minimum atomic E-state index is -1.34. The van der Waals surface area contributed by atoms with E-state index in [1.807, 2.05) is 0 Å². The van der Waals surface area contributed by atoms with Crippen molar-refractivity contribution in [2.75, 3.05) is 0 Å². The summed E-state index contributed by atoms with van der Waals surface area (Å²) in [5, 5.41) is 1.61. The molecule has 1 aromatic carbocycles. The third-order valence-electron chi connectivity index (χ3n) is 5.67. The van der Waals surface area contributed by atoms with Crippen LogP contribution in [-0.4, -0.2) is 11.3 Å². The highest BCUT2D eigenvalue weighted by Gasteiger charge is 2.48. The Morgan fingerprint density at radius 1 is 0.857 bits per heavy atom. The van der Waals surface area contributed by atoms with Gasteiger partial charge < -0.3 is 11.6 Å². The first-order chi connectivity index (χ1) is 10.2. The van der Waals surface area contributed by atoms with E-state index < -0.39 is 7.26 Å². The van der Waals surface area contributed by atoms with Crippen LogP contribution in [0.25, 0.3) is 0 Å². The molecule has 0 atom stereocenters.